The van der Waals surface area contributed by atoms with Crippen molar-refractivity contribution in [2.75, 3.05) is 13.1 Å². The van der Waals surface area contributed by atoms with E-state index in [0.29, 0.717) is 0 Å². The fourth-order valence-corrected chi connectivity index (χ4v) is 4.00. The maximum Gasteiger partial charge on any atom is 0.0261 e. The fraction of sp³-hybridized carbons (Fsp3) is 0.440. The zero-order valence-electron chi connectivity index (χ0n) is 17.2. The van der Waals surface area contributed by atoms with E-state index in [2.05, 4.69) is 77.6 Å². The normalized spacial score (nSPS) is 14.2. The lowest BCUT2D eigenvalue weighted by atomic mass is 10.0. The number of fused-ring (bicyclic) bond motifs is 1. The van der Waals surface area contributed by atoms with Crippen LogP contribution in [-0.4, -0.2) is 29.0 Å². The molecule has 3 rings (SSSR count). The van der Waals surface area contributed by atoms with Gasteiger partial charge in [0.05, 0.1) is 0 Å². The Kier molecular flexibility index (Phi) is 8.13. The van der Waals surface area contributed by atoms with Gasteiger partial charge in [-0.2, -0.15) is 0 Å². The number of nitrogens with zero attached hydrogens (tertiary/aromatic N) is 1. The summed E-state index contributed by atoms with van der Waals surface area (Å²) in [5.74, 6) is 0. The smallest absolute Gasteiger partial charge is 0.0261 e. The van der Waals surface area contributed by atoms with Crippen LogP contribution in [0.5, 0.6) is 0 Å². The summed E-state index contributed by atoms with van der Waals surface area (Å²) >= 11 is 0. The zero-order valence-corrected chi connectivity index (χ0v) is 17.2. The summed E-state index contributed by atoms with van der Waals surface area (Å²) in [5, 5.41) is 0. The third kappa shape index (κ3) is 6.22. The van der Waals surface area contributed by atoms with Crippen molar-refractivity contribution in [2.45, 2.75) is 58.0 Å². The van der Waals surface area contributed by atoms with Crippen LogP contribution in [-0.2, 0) is 19.4 Å². The zero-order chi connectivity index (χ0) is 19.6. The third-order valence-corrected chi connectivity index (χ3v) is 5.48. The second kappa shape index (κ2) is 11.0. The lowest BCUT2D eigenvalue weighted by Crippen LogP contribution is -2.39. The van der Waals surface area contributed by atoms with Gasteiger partial charge >= 0.3 is 0 Å². The molecule has 0 aliphatic heterocycles. The molecule has 28 heavy (non-hydrogen) atoms. The van der Waals surface area contributed by atoms with Crippen molar-refractivity contribution >= 4 is 6.08 Å². The largest absolute Gasteiger partial charge is 0.364 e. The van der Waals surface area contributed by atoms with Crippen LogP contribution in [0.3, 0.4) is 0 Å². The van der Waals surface area contributed by atoms with E-state index in [1.807, 2.05) is 0 Å². The molecule has 0 radical (unpaired) electrons. The van der Waals surface area contributed by atoms with Crippen molar-refractivity contribution in [3.63, 3.8) is 0 Å². The van der Waals surface area contributed by atoms with Crippen LogP contribution in [0.4, 0.5) is 0 Å². The number of rotatable bonds is 11. The number of benzene rings is 1. The Morgan fingerprint density at radius 2 is 1.96 bits per heavy atom. The molecular formula is C25H35N3. The van der Waals surface area contributed by atoms with Gasteiger partial charge in [0.25, 0.3) is 0 Å². The molecule has 1 aromatic heterocycles. The lowest BCUT2D eigenvalue weighted by Gasteiger charge is -2.26. The number of H-pyrrole nitrogens is 1. The summed E-state index contributed by atoms with van der Waals surface area (Å²) in [6, 6.07) is 10.9. The highest BCUT2D eigenvalue weighted by Crippen LogP contribution is 2.21. The fourth-order valence-electron chi connectivity index (χ4n) is 4.00. The van der Waals surface area contributed by atoms with Crippen LogP contribution in [0.25, 0.3) is 6.08 Å². The molecule has 3 nitrogen and oxygen atoms in total. The Bertz CT molecular complexity index is 757. The predicted octanol–water partition coefficient (Wildman–Crippen LogP) is 5.09. The van der Waals surface area contributed by atoms with Crippen molar-refractivity contribution in [3.8, 4) is 0 Å². The number of hydrogen-bond donors (Lipinski definition) is 2. The van der Waals surface area contributed by atoms with Crippen LogP contribution in [0.15, 0.2) is 54.8 Å². The Balaban J connectivity index is 1.60. The van der Waals surface area contributed by atoms with Crippen molar-refractivity contribution in [3.05, 3.63) is 77.1 Å². The summed E-state index contributed by atoms with van der Waals surface area (Å²) < 4.78 is 0. The first kappa shape index (κ1) is 20.6. The van der Waals surface area contributed by atoms with Crippen LogP contribution in [0.2, 0.25) is 0 Å². The second-order valence-corrected chi connectivity index (χ2v) is 7.94. The summed E-state index contributed by atoms with van der Waals surface area (Å²) in [7, 11) is 0. The maximum atomic E-state index is 6.63. The molecule has 3 heteroatoms. The minimum Gasteiger partial charge on any atom is -0.364 e. The first-order valence-electron chi connectivity index (χ1n) is 10.8. The molecule has 1 aliphatic rings. The Morgan fingerprint density at radius 3 is 2.79 bits per heavy atom. The number of nitrogens with one attached hydrogen (secondary N) is 1. The van der Waals surface area contributed by atoms with Crippen molar-refractivity contribution in [2.24, 2.45) is 5.73 Å². The van der Waals surface area contributed by atoms with Crippen LogP contribution in [0.1, 0.15) is 55.0 Å². The Labute approximate surface area is 170 Å². The molecule has 1 unspecified atom stereocenters. The first-order valence-corrected chi connectivity index (χ1v) is 10.8. The Morgan fingerprint density at radius 1 is 1.11 bits per heavy atom. The molecule has 1 atom stereocenters. The molecule has 150 valence electrons. The molecule has 0 saturated heterocycles. The van der Waals surface area contributed by atoms with Gasteiger partial charge in [-0.1, -0.05) is 80.8 Å². The topological polar surface area (TPSA) is 45.0 Å². The van der Waals surface area contributed by atoms with Crippen molar-refractivity contribution in [1.82, 2.24) is 9.88 Å². The highest BCUT2D eigenvalue weighted by Gasteiger charge is 2.16. The number of unbranched alkanes of at least 4 members (excludes halogenated alkanes) is 3. The van der Waals surface area contributed by atoms with Crippen LogP contribution < -0.4 is 5.73 Å². The van der Waals surface area contributed by atoms with Crippen molar-refractivity contribution in [1.29, 1.82) is 0 Å². The first-order chi connectivity index (χ1) is 13.8. The molecule has 1 aromatic carbocycles. The van der Waals surface area contributed by atoms with Gasteiger partial charge < -0.3 is 10.7 Å². The summed E-state index contributed by atoms with van der Waals surface area (Å²) in [5.41, 5.74) is 12.0. The van der Waals surface area contributed by atoms with Crippen LogP contribution >= 0.6 is 0 Å². The van der Waals surface area contributed by atoms with E-state index in [4.69, 9.17) is 5.73 Å². The molecule has 0 fully saturated rings. The highest BCUT2D eigenvalue weighted by atomic mass is 15.1. The molecule has 0 amide bonds. The molecule has 3 N–H and O–H groups in total. The lowest BCUT2D eigenvalue weighted by molar-refractivity contribution is 0.242. The van der Waals surface area contributed by atoms with E-state index >= 15 is 0 Å². The number of hydrogen-bond acceptors (Lipinski definition) is 2. The minimum atomic E-state index is 0.138. The van der Waals surface area contributed by atoms with Gasteiger partial charge in [-0.25, -0.2) is 0 Å². The van der Waals surface area contributed by atoms with Crippen molar-refractivity contribution < 1.29 is 0 Å². The van der Waals surface area contributed by atoms with Crippen LogP contribution in [0, 0.1) is 0 Å². The molecule has 1 aliphatic carbocycles. The number of aromatic nitrogens is 1. The van der Waals surface area contributed by atoms with E-state index < -0.39 is 0 Å². The standard InChI is InChI=1S/C25H35N3/c1-2-3-4-11-16-28(19-21-12-7-5-8-13-21)20-23(26)17-22-18-27-25-15-10-6-9-14-24(22)25/h5-10,12-14,18,23,27H,2-4,11,15-17,19-20,26H2,1H3. The van der Waals surface area contributed by atoms with E-state index in [1.165, 1.54) is 48.1 Å². The van der Waals surface area contributed by atoms with Gasteiger partial charge in [0.1, 0.15) is 0 Å². The molecular weight excluding hydrogens is 342 g/mol. The molecule has 0 saturated carbocycles. The van der Waals surface area contributed by atoms with Gasteiger partial charge in [0.15, 0.2) is 0 Å². The minimum absolute atomic E-state index is 0.138. The van der Waals surface area contributed by atoms with Gasteiger partial charge in [0, 0.05) is 37.4 Å². The molecule has 2 aromatic rings. The third-order valence-electron chi connectivity index (χ3n) is 5.48. The monoisotopic (exact) mass is 377 g/mol. The quantitative estimate of drug-likeness (QED) is 0.536. The SMILES string of the molecule is CCCCCCN(Cc1ccccc1)CC(N)Cc1c[nH]c2c1C=CC=CC2. The van der Waals surface area contributed by atoms with E-state index in [1.54, 1.807) is 0 Å². The second-order valence-electron chi connectivity index (χ2n) is 7.94. The van der Waals surface area contributed by atoms with Gasteiger partial charge in [0.2, 0.25) is 0 Å². The molecule has 0 spiro atoms. The maximum absolute atomic E-state index is 6.63. The van der Waals surface area contributed by atoms with E-state index in [9.17, 15) is 0 Å². The van der Waals surface area contributed by atoms with E-state index in [0.717, 1.165) is 32.5 Å². The average Bonchev–Trinajstić information content (AvgIpc) is 2.92. The predicted molar refractivity (Wildman–Crippen MR) is 120 cm³/mol. The Hall–Kier alpha value is -2.10. The molecule has 0 bridgehead atoms. The van der Waals surface area contributed by atoms with E-state index in [-0.39, 0.29) is 6.04 Å². The van der Waals surface area contributed by atoms with Gasteiger partial charge in [-0.15, -0.1) is 0 Å². The number of nitrogens with two attached hydrogens (primary N) is 1. The van der Waals surface area contributed by atoms with Gasteiger partial charge in [-0.3, -0.25) is 4.90 Å². The highest BCUT2D eigenvalue weighted by molar-refractivity contribution is 5.60. The van der Waals surface area contributed by atoms with Gasteiger partial charge in [-0.05, 0) is 36.1 Å². The summed E-state index contributed by atoms with van der Waals surface area (Å²) in [6.45, 7) is 5.30. The molecule has 1 heterocycles. The summed E-state index contributed by atoms with van der Waals surface area (Å²) in [4.78, 5) is 5.98. The summed E-state index contributed by atoms with van der Waals surface area (Å²) in [6.07, 6.45) is 17.8. The number of aromatic amines is 1. The average molecular weight is 378 g/mol. The number of allylic oxidation sites excluding steroid dienone is 3.